The Balaban J connectivity index is 1.78. The van der Waals surface area contributed by atoms with Gasteiger partial charge in [-0.1, -0.05) is 19.8 Å². The predicted octanol–water partition coefficient (Wildman–Crippen LogP) is 1.16. The summed E-state index contributed by atoms with van der Waals surface area (Å²) in [7, 11) is 2.13. The van der Waals surface area contributed by atoms with E-state index in [0.717, 1.165) is 18.7 Å². The topological polar surface area (TPSA) is 87.0 Å². The fourth-order valence-electron chi connectivity index (χ4n) is 2.79. The van der Waals surface area contributed by atoms with E-state index in [1.807, 2.05) is 6.92 Å². The van der Waals surface area contributed by atoms with Gasteiger partial charge in [0, 0.05) is 19.1 Å². The van der Waals surface area contributed by atoms with Gasteiger partial charge in [0.25, 0.3) is 5.91 Å². The monoisotopic (exact) mass is 279 g/mol. The quantitative estimate of drug-likeness (QED) is 0.729. The second kappa shape index (κ2) is 6.74. The Morgan fingerprint density at radius 2 is 2.20 bits per heavy atom. The van der Waals surface area contributed by atoms with Crippen LogP contribution in [0.2, 0.25) is 0 Å². The molecule has 1 aliphatic carbocycles. The Labute approximate surface area is 120 Å². The number of likely N-dealkylation sites (N-methyl/N-ethyl adjacent to an activating group) is 1. The summed E-state index contributed by atoms with van der Waals surface area (Å²) in [6.07, 6.45) is 5.94. The van der Waals surface area contributed by atoms with Gasteiger partial charge in [0.05, 0.1) is 11.4 Å². The number of carbonyl (C=O) groups excluding carboxylic acids is 1. The van der Waals surface area contributed by atoms with Gasteiger partial charge in [-0.05, 0) is 26.3 Å². The van der Waals surface area contributed by atoms with Gasteiger partial charge >= 0.3 is 0 Å². The summed E-state index contributed by atoms with van der Waals surface area (Å²) in [6, 6.07) is 0.675. The number of nitrogens with two attached hydrogens (primary N) is 1. The standard InChI is InChI=1S/C14H25N5O/c1-3-11-12(15)13(18-17-11)14(20)16-8-9-19(2)10-6-4-5-7-10/h10H,3-9,15H2,1-2H3,(H,16,20)(H,17,18). The number of hydrogen-bond donors (Lipinski definition) is 3. The zero-order valence-corrected chi connectivity index (χ0v) is 12.4. The molecule has 0 spiro atoms. The third kappa shape index (κ3) is 3.30. The van der Waals surface area contributed by atoms with Crippen molar-refractivity contribution in [3.8, 4) is 0 Å². The molecule has 20 heavy (non-hydrogen) atoms. The van der Waals surface area contributed by atoms with Crippen molar-refractivity contribution in [2.45, 2.75) is 45.1 Å². The number of amides is 1. The molecule has 6 nitrogen and oxygen atoms in total. The van der Waals surface area contributed by atoms with Crippen LogP contribution in [0.3, 0.4) is 0 Å². The molecule has 1 amide bonds. The van der Waals surface area contributed by atoms with Crippen molar-refractivity contribution in [2.75, 3.05) is 25.9 Å². The lowest BCUT2D eigenvalue weighted by atomic mass is 10.2. The maximum Gasteiger partial charge on any atom is 0.273 e. The van der Waals surface area contributed by atoms with E-state index in [1.54, 1.807) is 0 Å². The first-order chi connectivity index (χ1) is 9.63. The summed E-state index contributed by atoms with van der Waals surface area (Å²) in [5.74, 6) is -0.196. The molecule has 1 fully saturated rings. The molecule has 0 atom stereocenters. The fraction of sp³-hybridized carbons (Fsp3) is 0.714. The highest BCUT2D eigenvalue weighted by molar-refractivity contribution is 5.97. The molecule has 0 aliphatic heterocycles. The normalized spacial score (nSPS) is 15.9. The molecule has 6 heteroatoms. The molecule has 0 aromatic carbocycles. The predicted molar refractivity (Wildman–Crippen MR) is 79.6 cm³/mol. The number of anilines is 1. The number of aromatic nitrogens is 2. The van der Waals surface area contributed by atoms with E-state index in [0.29, 0.717) is 24.0 Å². The van der Waals surface area contributed by atoms with Crippen LogP contribution >= 0.6 is 0 Å². The first-order valence-corrected chi connectivity index (χ1v) is 7.44. The van der Waals surface area contributed by atoms with E-state index in [2.05, 4.69) is 27.5 Å². The van der Waals surface area contributed by atoms with E-state index in [1.165, 1.54) is 25.7 Å². The van der Waals surface area contributed by atoms with Gasteiger partial charge in [0.15, 0.2) is 5.69 Å². The maximum atomic E-state index is 12.0. The smallest absolute Gasteiger partial charge is 0.273 e. The summed E-state index contributed by atoms with van der Waals surface area (Å²) in [4.78, 5) is 14.3. The molecule has 1 saturated carbocycles. The molecule has 1 heterocycles. The van der Waals surface area contributed by atoms with Crippen molar-refractivity contribution in [3.63, 3.8) is 0 Å². The summed E-state index contributed by atoms with van der Waals surface area (Å²) < 4.78 is 0. The van der Waals surface area contributed by atoms with Crippen LogP contribution in [0, 0.1) is 0 Å². The van der Waals surface area contributed by atoms with Crippen molar-refractivity contribution < 1.29 is 4.79 Å². The molecule has 0 radical (unpaired) electrons. The highest BCUT2D eigenvalue weighted by Gasteiger charge is 2.20. The van der Waals surface area contributed by atoms with Crippen LogP contribution in [-0.4, -0.2) is 47.2 Å². The SMILES string of the molecule is CCc1[nH]nc(C(=O)NCCN(C)C2CCCC2)c1N. The van der Waals surface area contributed by atoms with Crippen molar-refractivity contribution in [1.29, 1.82) is 0 Å². The van der Waals surface area contributed by atoms with Crippen LogP contribution in [0.4, 0.5) is 5.69 Å². The number of rotatable bonds is 6. The van der Waals surface area contributed by atoms with E-state index in [4.69, 9.17) is 5.73 Å². The average Bonchev–Trinajstić information content (AvgIpc) is 3.07. The number of hydrogen-bond acceptors (Lipinski definition) is 4. The minimum absolute atomic E-state index is 0.196. The third-order valence-corrected chi connectivity index (χ3v) is 4.15. The van der Waals surface area contributed by atoms with Crippen LogP contribution in [0.1, 0.15) is 48.8 Å². The second-order valence-electron chi connectivity index (χ2n) is 5.49. The van der Waals surface area contributed by atoms with Crippen LogP contribution in [0.25, 0.3) is 0 Å². The number of H-pyrrole nitrogens is 1. The summed E-state index contributed by atoms with van der Waals surface area (Å²) in [6.45, 7) is 3.46. The van der Waals surface area contributed by atoms with Crippen molar-refractivity contribution in [2.24, 2.45) is 0 Å². The highest BCUT2D eigenvalue weighted by Crippen LogP contribution is 2.21. The van der Waals surface area contributed by atoms with Crippen LogP contribution in [-0.2, 0) is 6.42 Å². The van der Waals surface area contributed by atoms with Gasteiger partial charge in [-0.3, -0.25) is 9.89 Å². The van der Waals surface area contributed by atoms with Gasteiger partial charge in [-0.2, -0.15) is 5.10 Å². The van der Waals surface area contributed by atoms with Crippen LogP contribution in [0.5, 0.6) is 0 Å². The minimum atomic E-state index is -0.196. The van der Waals surface area contributed by atoms with E-state index in [9.17, 15) is 4.79 Å². The number of aromatic amines is 1. The molecule has 2 rings (SSSR count). The van der Waals surface area contributed by atoms with Crippen LogP contribution < -0.4 is 11.1 Å². The van der Waals surface area contributed by atoms with Crippen molar-refractivity contribution >= 4 is 11.6 Å². The molecule has 112 valence electrons. The van der Waals surface area contributed by atoms with Gasteiger partial charge in [0.1, 0.15) is 0 Å². The third-order valence-electron chi connectivity index (χ3n) is 4.15. The minimum Gasteiger partial charge on any atom is -0.395 e. The van der Waals surface area contributed by atoms with Crippen molar-refractivity contribution in [3.05, 3.63) is 11.4 Å². The lowest BCUT2D eigenvalue weighted by Gasteiger charge is -2.23. The Hall–Kier alpha value is -1.56. The zero-order valence-electron chi connectivity index (χ0n) is 12.4. The number of carbonyl (C=O) groups is 1. The first kappa shape index (κ1) is 14.8. The van der Waals surface area contributed by atoms with Gasteiger partial charge in [-0.15, -0.1) is 0 Å². The van der Waals surface area contributed by atoms with Gasteiger partial charge < -0.3 is 16.0 Å². The van der Waals surface area contributed by atoms with E-state index >= 15 is 0 Å². The number of nitrogen functional groups attached to an aromatic ring is 1. The average molecular weight is 279 g/mol. The second-order valence-corrected chi connectivity index (χ2v) is 5.49. The molecule has 1 aromatic rings. The largest absolute Gasteiger partial charge is 0.395 e. The zero-order chi connectivity index (χ0) is 14.5. The van der Waals surface area contributed by atoms with E-state index < -0.39 is 0 Å². The Kier molecular flexibility index (Phi) is 5.00. The van der Waals surface area contributed by atoms with Crippen molar-refractivity contribution in [1.82, 2.24) is 20.4 Å². The lowest BCUT2D eigenvalue weighted by Crippen LogP contribution is -2.37. The molecule has 0 bridgehead atoms. The molecular weight excluding hydrogens is 254 g/mol. The lowest BCUT2D eigenvalue weighted by molar-refractivity contribution is 0.0943. The molecule has 1 aromatic heterocycles. The Bertz CT molecular complexity index is 450. The highest BCUT2D eigenvalue weighted by atomic mass is 16.1. The molecule has 0 unspecified atom stereocenters. The molecule has 0 saturated heterocycles. The van der Waals surface area contributed by atoms with Gasteiger partial charge in [-0.25, -0.2) is 0 Å². The summed E-state index contributed by atoms with van der Waals surface area (Å²) >= 11 is 0. The van der Waals surface area contributed by atoms with E-state index in [-0.39, 0.29) is 5.91 Å². The summed E-state index contributed by atoms with van der Waals surface area (Å²) in [5, 5.41) is 9.68. The maximum absolute atomic E-state index is 12.0. The fourth-order valence-corrected chi connectivity index (χ4v) is 2.79. The summed E-state index contributed by atoms with van der Waals surface area (Å²) in [5.41, 5.74) is 7.48. The molecule has 1 aliphatic rings. The number of nitrogens with one attached hydrogen (secondary N) is 2. The molecular formula is C14H25N5O. The Morgan fingerprint density at radius 3 is 2.80 bits per heavy atom. The number of aryl methyl sites for hydroxylation is 1. The first-order valence-electron chi connectivity index (χ1n) is 7.44. The molecule has 4 N–H and O–H groups in total. The van der Waals surface area contributed by atoms with Crippen LogP contribution in [0.15, 0.2) is 0 Å². The Morgan fingerprint density at radius 1 is 1.50 bits per heavy atom. The van der Waals surface area contributed by atoms with Gasteiger partial charge in [0.2, 0.25) is 0 Å². The number of nitrogens with zero attached hydrogens (tertiary/aromatic N) is 2.